The Labute approximate surface area is 85.7 Å². The smallest absolute Gasteiger partial charge is 0.225 e. The van der Waals surface area contributed by atoms with Gasteiger partial charge in [0.1, 0.15) is 5.69 Å². The van der Waals surface area contributed by atoms with E-state index in [0.29, 0.717) is 5.88 Å². The SMILES string of the molecule is Cc1nc(C)c(-c2noc(N)c2C)s1. The molecular formula is C9H11N3OS. The minimum absolute atomic E-state index is 0.380. The molecule has 5 heteroatoms. The minimum atomic E-state index is 0.380. The van der Waals surface area contributed by atoms with E-state index >= 15 is 0 Å². The second-order valence-corrected chi connectivity index (χ2v) is 4.37. The van der Waals surface area contributed by atoms with E-state index in [2.05, 4.69) is 10.1 Å². The number of aromatic nitrogens is 2. The number of nitrogens with two attached hydrogens (primary N) is 1. The van der Waals surface area contributed by atoms with Crippen LogP contribution in [0.5, 0.6) is 0 Å². The fraction of sp³-hybridized carbons (Fsp3) is 0.333. The number of aryl methyl sites for hydroxylation is 2. The molecule has 2 rings (SSSR count). The lowest BCUT2D eigenvalue weighted by atomic mass is 10.2. The number of hydrogen-bond donors (Lipinski definition) is 1. The average Bonchev–Trinajstić information content (AvgIpc) is 2.59. The van der Waals surface area contributed by atoms with Gasteiger partial charge >= 0.3 is 0 Å². The van der Waals surface area contributed by atoms with Crippen LogP contribution in [0.2, 0.25) is 0 Å². The number of rotatable bonds is 1. The van der Waals surface area contributed by atoms with Crippen LogP contribution >= 0.6 is 11.3 Å². The van der Waals surface area contributed by atoms with Gasteiger partial charge in [-0.2, -0.15) is 0 Å². The molecule has 0 spiro atoms. The first-order valence-corrected chi connectivity index (χ1v) is 5.07. The average molecular weight is 209 g/mol. The van der Waals surface area contributed by atoms with Crippen molar-refractivity contribution in [2.45, 2.75) is 20.8 Å². The summed E-state index contributed by atoms with van der Waals surface area (Å²) in [6, 6.07) is 0. The molecule has 0 unspecified atom stereocenters. The Morgan fingerprint density at radius 3 is 2.43 bits per heavy atom. The highest BCUT2D eigenvalue weighted by Crippen LogP contribution is 2.32. The quantitative estimate of drug-likeness (QED) is 0.782. The summed E-state index contributed by atoms with van der Waals surface area (Å²) < 4.78 is 4.92. The van der Waals surface area contributed by atoms with Crippen molar-refractivity contribution in [2.75, 3.05) is 5.73 Å². The van der Waals surface area contributed by atoms with Crippen LogP contribution in [0, 0.1) is 20.8 Å². The van der Waals surface area contributed by atoms with Crippen molar-refractivity contribution in [2.24, 2.45) is 0 Å². The van der Waals surface area contributed by atoms with Gasteiger partial charge in [-0.25, -0.2) is 4.98 Å². The number of nitrogens with zero attached hydrogens (tertiary/aromatic N) is 2. The van der Waals surface area contributed by atoms with Gasteiger partial charge < -0.3 is 10.3 Å². The van der Waals surface area contributed by atoms with Crippen molar-refractivity contribution in [1.82, 2.24) is 10.1 Å². The van der Waals surface area contributed by atoms with Crippen molar-refractivity contribution in [3.05, 3.63) is 16.3 Å². The third-order valence-electron chi connectivity index (χ3n) is 2.08. The molecule has 2 aromatic heterocycles. The van der Waals surface area contributed by atoms with Crippen LogP contribution in [0.1, 0.15) is 16.3 Å². The molecule has 0 bridgehead atoms. The van der Waals surface area contributed by atoms with Gasteiger partial charge in [0, 0.05) is 5.56 Å². The van der Waals surface area contributed by atoms with Crippen molar-refractivity contribution >= 4 is 17.2 Å². The first-order valence-electron chi connectivity index (χ1n) is 4.25. The minimum Gasteiger partial charge on any atom is -0.367 e. The lowest BCUT2D eigenvalue weighted by Gasteiger charge is -1.92. The summed E-state index contributed by atoms with van der Waals surface area (Å²) in [4.78, 5) is 5.38. The maximum Gasteiger partial charge on any atom is 0.225 e. The van der Waals surface area contributed by atoms with E-state index in [1.165, 1.54) is 0 Å². The van der Waals surface area contributed by atoms with Gasteiger partial charge in [0.15, 0.2) is 0 Å². The molecule has 74 valence electrons. The molecule has 0 atom stereocenters. The topological polar surface area (TPSA) is 64.9 Å². The summed E-state index contributed by atoms with van der Waals surface area (Å²) in [6.45, 7) is 5.83. The van der Waals surface area contributed by atoms with Crippen LogP contribution in [0.4, 0.5) is 5.88 Å². The Hall–Kier alpha value is -1.36. The standard InChI is InChI=1S/C9H11N3OS/c1-4-7(12-13-9(4)10)8-5(2)11-6(3)14-8/h10H2,1-3H3. The Morgan fingerprint density at radius 2 is 2.00 bits per heavy atom. The monoisotopic (exact) mass is 209 g/mol. The molecule has 4 nitrogen and oxygen atoms in total. The predicted molar refractivity (Wildman–Crippen MR) is 56.2 cm³/mol. The molecule has 2 heterocycles. The van der Waals surface area contributed by atoms with E-state index in [-0.39, 0.29) is 0 Å². The summed E-state index contributed by atoms with van der Waals surface area (Å²) in [5.41, 5.74) is 8.26. The van der Waals surface area contributed by atoms with E-state index in [0.717, 1.165) is 26.8 Å². The van der Waals surface area contributed by atoms with Crippen LogP contribution in [0.15, 0.2) is 4.52 Å². The molecule has 0 radical (unpaired) electrons. The van der Waals surface area contributed by atoms with Crippen LogP contribution < -0.4 is 5.73 Å². The number of nitrogen functional groups attached to an aromatic ring is 1. The highest BCUT2D eigenvalue weighted by atomic mass is 32.1. The number of anilines is 1. The summed E-state index contributed by atoms with van der Waals surface area (Å²) in [5, 5.41) is 4.96. The third-order valence-corrected chi connectivity index (χ3v) is 3.16. The molecular weight excluding hydrogens is 198 g/mol. The lowest BCUT2D eigenvalue weighted by molar-refractivity contribution is 0.439. The van der Waals surface area contributed by atoms with Crippen molar-refractivity contribution in [3.63, 3.8) is 0 Å². The zero-order valence-electron chi connectivity index (χ0n) is 8.29. The van der Waals surface area contributed by atoms with E-state index in [1.54, 1.807) is 11.3 Å². The predicted octanol–water partition coefficient (Wildman–Crippen LogP) is 2.31. The van der Waals surface area contributed by atoms with E-state index in [9.17, 15) is 0 Å². The third kappa shape index (κ3) is 1.29. The molecule has 2 N–H and O–H groups in total. The first-order chi connectivity index (χ1) is 6.59. The zero-order chi connectivity index (χ0) is 10.3. The molecule has 0 fully saturated rings. The van der Waals surface area contributed by atoms with Gasteiger partial charge in [0.25, 0.3) is 0 Å². The largest absolute Gasteiger partial charge is 0.367 e. The summed E-state index contributed by atoms with van der Waals surface area (Å²) in [5.74, 6) is 0.380. The molecule has 0 aliphatic rings. The fourth-order valence-corrected chi connectivity index (χ4v) is 2.27. The summed E-state index contributed by atoms with van der Waals surface area (Å²) in [7, 11) is 0. The summed E-state index contributed by atoms with van der Waals surface area (Å²) >= 11 is 1.61. The second-order valence-electron chi connectivity index (χ2n) is 3.17. The highest BCUT2D eigenvalue weighted by Gasteiger charge is 2.16. The van der Waals surface area contributed by atoms with Gasteiger partial charge in [0.2, 0.25) is 5.88 Å². The molecule has 0 aliphatic carbocycles. The number of thiazole rings is 1. The highest BCUT2D eigenvalue weighted by molar-refractivity contribution is 7.15. The van der Waals surface area contributed by atoms with Crippen molar-refractivity contribution in [1.29, 1.82) is 0 Å². The van der Waals surface area contributed by atoms with Crippen LogP contribution in [-0.2, 0) is 0 Å². The van der Waals surface area contributed by atoms with Crippen LogP contribution in [0.3, 0.4) is 0 Å². The molecule has 0 aromatic carbocycles. The van der Waals surface area contributed by atoms with Gasteiger partial charge in [-0.05, 0) is 20.8 Å². The molecule has 14 heavy (non-hydrogen) atoms. The first kappa shape index (κ1) is 9.21. The van der Waals surface area contributed by atoms with Crippen LogP contribution in [0.25, 0.3) is 10.6 Å². The Kier molecular flexibility index (Phi) is 2.03. The van der Waals surface area contributed by atoms with Crippen molar-refractivity contribution in [3.8, 4) is 10.6 Å². The van der Waals surface area contributed by atoms with Gasteiger partial charge in [-0.3, -0.25) is 0 Å². The normalized spacial score (nSPS) is 10.8. The zero-order valence-corrected chi connectivity index (χ0v) is 9.10. The maximum atomic E-state index is 5.59. The van der Waals surface area contributed by atoms with Crippen LogP contribution in [-0.4, -0.2) is 10.1 Å². The molecule has 0 saturated heterocycles. The van der Waals surface area contributed by atoms with Gasteiger partial charge in [0.05, 0.1) is 15.6 Å². The lowest BCUT2D eigenvalue weighted by Crippen LogP contribution is -1.84. The maximum absolute atomic E-state index is 5.59. The molecule has 0 saturated carbocycles. The summed E-state index contributed by atoms with van der Waals surface area (Å²) in [6.07, 6.45) is 0. The molecule has 2 aromatic rings. The number of hydrogen-bond acceptors (Lipinski definition) is 5. The Bertz CT molecular complexity index is 472. The Morgan fingerprint density at radius 1 is 1.29 bits per heavy atom. The van der Waals surface area contributed by atoms with E-state index < -0.39 is 0 Å². The molecule has 0 aliphatic heterocycles. The van der Waals surface area contributed by atoms with E-state index in [1.807, 2.05) is 20.8 Å². The fourth-order valence-electron chi connectivity index (χ4n) is 1.31. The van der Waals surface area contributed by atoms with Gasteiger partial charge in [-0.15, -0.1) is 11.3 Å². The Balaban J connectivity index is 2.59. The van der Waals surface area contributed by atoms with Gasteiger partial charge in [-0.1, -0.05) is 5.16 Å². The second kappa shape index (κ2) is 3.09. The molecule has 0 amide bonds. The van der Waals surface area contributed by atoms with Crippen molar-refractivity contribution < 1.29 is 4.52 Å². The van der Waals surface area contributed by atoms with E-state index in [4.69, 9.17) is 10.3 Å².